The topological polar surface area (TPSA) is 43.3 Å². The van der Waals surface area contributed by atoms with Gasteiger partial charge in [0.15, 0.2) is 0 Å². The van der Waals surface area contributed by atoms with Gasteiger partial charge in [0.1, 0.15) is 5.75 Å². The van der Waals surface area contributed by atoms with Crippen molar-refractivity contribution in [2.24, 2.45) is 0 Å². The van der Waals surface area contributed by atoms with Gasteiger partial charge in [0.05, 0.1) is 7.11 Å². The highest BCUT2D eigenvalue weighted by Gasteiger charge is 2.11. The normalized spacial score (nSPS) is 11.1. The maximum absolute atomic E-state index is 12.4. The number of fused-ring (bicyclic) bond motifs is 3. The van der Waals surface area contributed by atoms with Gasteiger partial charge in [-0.2, -0.15) is 0 Å². The Kier molecular flexibility index (Phi) is 5.02. The number of hydrogen-bond donors (Lipinski definition) is 1. The van der Waals surface area contributed by atoms with Crippen molar-refractivity contribution in [2.75, 3.05) is 12.4 Å². The molecule has 3 aromatic carbocycles. The third-order valence-electron chi connectivity index (χ3n) is 5.17. The third kappa shape index (κ3) is 3.46. The summed E-state index contributed by atoms with van der Waals surface area (Å²) in [5.74, 6) is 0.849. The molecule has 0 aliphatic carbocycles. The lowest BCUT2D eigenvalue weighted by atomic mass is 10.1. The fourth-order valence-electron chi connectivity index (χ4n) is 3.75. The summed E-state index contributed by atoms with van der Waals surface area (Å²) >= 11 is 0. The molecule has 4 rings (SSSR count). The summed E-state index contributed by atoms with van der Waals surface area (Å²) < 4.78 is 7.47. The number of hydrogen-bond acceptors (Lipinski definition) is 2. The Labute approximate surface area is 164 Å². The number of para-hydroxylation sites is 1. The number of carbonyl (C=O) groups is 1. The zero-order chi connectivity index (χ0) is 19.5. The van der Waals surface area contributed by atoms with E-state index in [1.54, 1.807) is 7.11 Å². The van der Waals surface area contributed by atoms with E-state index in [2.05, 4.69) is 53.2 Å². The lowest BCUT2D eigenvalue weighted by Gasteiger charge is -2.07. The van der Waals surface area contributed by atoms with Crippen LogP contribution in [0.4, 0.5) is 5.69 Å². The Balaban J connectivity index is 1.51. The number of nitrogens with zero attached hydrogens (tertiary/aromatic N) is 1. The van der Waals surface area contributed by atoms with E-state index >= 15 is 0 Å². The highest BCUT2D eigenvalue weighted by atomic mass is 16.5. The van der Waals surface area contributed by atoms with Gasteiger partial charge in [0.2, 0.25) is 5.91 Å². The Morgan fingerprint density at radius 1 is 0.964 bits per heavy atom. The fourth-order valence-corrected chi connectivity index (χ4v) is 3.75. The quantitative estimate of drug-likeness (QED) is 0.493. The molecule has 1 N–H and O–H groups in total. The monoisotopic (exact) mass is 372 g/mol. The second kappa shape index (κ2) is 7.77. The van der Waals surface area contributed by atoms with Crippen LogP contribution < -0.4 is 10.1 Å². The molecule has 4 aromatic rings. The van der Waals surface area contributed by atoms with Gasteiger partial charge in [-0.3, -0.25) is 4.79 Å². The first-order valence-electron chi connectivity index (χ1n) is 9.63. The minimum absolute atomic E-state index is 0.0226. The van der Waals surface area contributed by atoms with Gasteiger partial charge in [-0.25, -0.2) is 0 Å². The second-order valence-electron chi connectivity index (χ2n) is 6.89. The van der Waals surface area contributed by atoms with E-state index in [0.717, 1.165) is 23.5 Å². The minimum Gasteiger partial charge on any atom is -0.497 e. The number of rotatable bonds is 6. The van der Waals surface area contributed by atoms with Crippen molar-refractivity contribution in [3.8, 4) is 5.75 Å². The number of benzene rings is 3. The van der Waals surface area contributed by atoms with E-state index < -0.39 is 0 Å². The van der Waals surface area contributed by atoms with Crippen LogP contribution in [0.3, 0.4) is 0 Å². The molecule has 0 saturated carbocycles. The van der Waals surface area contributed by atoms with Gasteiger partial charge in [-0.1, -0.05) is 30.3 Å². The molecule has 1 amide bonds. The lowest BCUT2D eigenvalue weighted by molar-refractivity contribution is -0.116. The summed E-state index contributed by atoms with van der Waals surface area (Å²) in [5, 5.41) is 5.43. The van der Waals surface area contributed by atoms with Crippen LogP contribution in [0.5, 0.6) is 5.75 Å². The van der Waals surface area contributed by atoms with Gasteiger partial charge >= 0.3 is 0 Å². The first kappa shape index (κ1) is 18.1. The number of anilines is 1. The summed E-state index contributed by atoms with van der Waals surface area (Å²) in [5.41, 5.74) is 4.38. The molecule has 1 heterocycles. The molecule has 0 atom stereocenters. The number of aryl methyl sites for hydroxylation is 2. The number of ether oxygens (including phenoxy) is 1. The molecule has 4 heteroatoms. The van der Waals surface area contributed by atoms with Crippen molar-refractivity contribution < 1.29 is 9.53 Å². The summed E-state index contributed by atoms with van der Waals surface area (Å²) in [6.07, 6.45) is 1.15. The lowest BCUT2D eigenvalue weighted by Crippen LogP contribution is -2.12. The van der Waals surface area contributed by atoms with Crippen LogP contribution in [0.2, 0.25) is 0 Å². The van der Waals surface area contributed by atoms with Crippen LogP contribution in [0.15, 0.2) is 66.7 Å². The van der Waals surface area contributed by atoms with Gasteiger partial charge < -0.3 is 14.6 Å². The second-order valence-corrected chi connectivity index (χ2v) is 6.89. The van der Waals surface area contributed by atoms with E-state index in [1.807, 2.05) is 30.3 Å². The molecule has 4 nitrogen and oxygen atoms in total. The van der Waals surface area contributed by atoms with E-state index in [0.29, 0.717) is 12.8 Å². The van der Waals surface area contributed by atoms with Crippen molar-refractivity contribution in [1.29, 1.82) is 0 Å². The van der Waals surface area contributed by atoms with Crippen molar-refractivity contribution >= 4 is 33.4 Å². The maximum atomic E-state index is 12.4. The summed E-state index contributed by atoms with van der Waals surface area (Å²) in [6, 6.07) is 22.4. The van der Waals surface area contributed by atoms with E-state index in [9.17, 15) is 4.79 Å². The van der Waals surface area contributed by atoms with Gasteiger partial charge in [0.25, 0.3) is 0 Å². The molecule has 0 aliphatic heterocycles. The number of aromatic nitrogens is 1. The molecule has 0 unspecified atom stereocenters. The number of carbonyl (C=O) groups excluding carboxylic acids is 1. The standard InChI is InChI=1S/C24H24N2O2/c1-3-26-22-7-5-4-6-20(22)21-16-18(11-14-23(21)26)25-24(27)15-10-17-8-12-19(28-2)13-9-17/h4-9,11-14,16H,3,10,15H2,1-2H3,(H,25,27). The SMILES string of the molecule is CCn1c2ccccc2c2cc(NC(=O)CCc3ccc(OC)cc3)ccc21. The Hall–Kier alpha value is -3.27. The zero-order valence-electron chi connectivity index (χ0n) is 16.2. The van der Waals surface area contributed by atoms with Gasteiger partial charge in [-0.05, 0) is 55.3 Å². The first-order valence-corrected chi connectivity index (χ1v) is 9.63. The third-order valence-corrected chi connectivity index (χ3v) is 5.17. The predicted molar refractivity (Wildman–Crippen MR) is 115 cm³/mol. The summed E-state index contributed by atoms with van der Waals surface area (Å²) in [7, 11) is 1.65. The fraction of sp³-hybridized carbons (Fsp3) is 0.208. The minimum atomic E-state index is 0.0226. The molecular weight excluding hydrogens is 348 g/mol. The van der Waals surface area contributed by atoms with Crippen molar-refractivity contribution in [3.05, 3.63) is 72.3 Å². The summed E-state index contributed by atoms with van der Waals surface area (Å²) in [6.45, 7) is 3.07. The van der Waals surface area contributed by atoms with Crippen LogP contribution in [0.1, 0.15) is 18.9 Å². The smallest absolute Gasteiger partial charge is 0.224 e. The Bertz CT molecular complexity index is 1130. The van der Waals surface area contributed by atoms with Gasteiger partial charge in [-0.15, -0.1) is 0 Å². The molecule has 142 valence electrons. The van der Waals surface area contributed by atoms with E-state index in [4.69, 9.17) is 4.74 Å². The Morgan fingerprint density at radius 3 is 2.46 bits per heavy atom. The van der Waals surface area contributed by atoms with Crippen molar-refractivity contribution in [2.45, 2.75) is 26.3 Å². The molecular formula is C24H24N2O2. The summed E-state index contributed by atoms with van der Waals surface area (Å²) in [4.78, 5) is 12.4. The maximum Gasteiger partial charge on any atom is 0.224 e. The average molecular weight is 372 g/mol. The number of amides is 1. The molecule has 0 fully saturated rings. The highest BCUT2D eigenvalue weighted by molar-refractivity contribution is 6.09. The average Bonchev–Trinajstić information content (AvgIpc) is 3.05. The largest absolute Gasteiger partial charge is 0.497 e. The molecule has 0 bridgehead atoms. The van der Waals surface area contributed by atoms with Crippen LogP contribution in [0, 0.1) is 0 Å². The molecule has 0 spiro atoms. The van der Waals surface area contributed by atoms with Crippen LogP contribution in [0.25, 0.3) is 21.8 Å². The molecule has 0 radical (unpaired) electrons. The molecule has 28 heavy (non-hydrogen) atoms. The van der Waals surface area contributed by atoms with Crippen LogP contribution in [-0.2, 0) is 17.8 Å². The zero-order valence-corrected chi connectivity index (χ0v) is 16.2. The molecule has 0 saturated heterocycles. The van der Waals surface area contributed by atoms with Crippen LogP contribution >= 0.6 is 0 Å². The molecule has 0 aliphatic rings. The van der Waals surface area contributed by atoms with Crippen molar-refractivity contribution in [1.82, 2.24) is 4.57 Å². The number of methoxy groups -OCH3 is 1. The highest BCUT2D eigenvalue weighted by Crippen LogP contribution is 2.31. The molecule has 1 aromatic heterocycles. The predicted octanol–water partition coefficient (Wildman–Crippen LogP) is 5.39. The number of nitrogens with one attached hydrogen (secondary N) is 1. The van der Waals surface area contributed by atoms with E-state index in [-0.39, 0.29) is 5.91 Å². The van der Waals surface area contributed by atoms with Crippen molar-refractivity contribution in [3.63, 3.8) is 0 Å². The van der Waals surface area contributed by atoms with E-state index in [1.165, 1.54) is 21.8 Å². The van der Waals surface area contributed by atoms with Crippen LogP contribution in [-0.4, -0.2) is 17.6 Å². The first-order chi connectivity index (χ1) is 13.7. The van der Waals surface area contributed by atoms with Gasteiger partial charge in [0, 0.05) is 40.5 Å². The Morgan fingerprint density at radius 2 is 1.71 bits per heavy atom.